The van der Waals surface area contributed by atoms with Crippen molar-refractivity contribution < 1.29 is 14.6 Å². The molecule has 2 rings (SSSR count). The lowest BCUT2D eigenvalue weighted by Crippen LogP contribution is -2.15. The number of methoxy groups -OCH3 is 1. The van der Waals surface area contributed by atoms with Crippen LogP contribution in [-0.4, -0.2) is 33.8 Å². The van der Waals surface area contributed by atoms with E-state index in [0.29, 0.717) is 17.1 Å². The highest BCUT2D eigenvalue weighted by atomic mass is 16.5. The second kappa shape index (κ2) is 5.66. The lowest BCUT2D eigenvalue weighted by atomic mass is 10.1. The van der Waals surface area contributed by atoms with Gasteiger partial charge >= 0.3 is 5.97 Å². The Balaban J connectivity index is 2.55. The normalized spacial score (nSPS) is 11.5. The molecule has 7 nitrogen and oxygen atoms in total. The van der Waals surface area contributed by atoms with E-state index in [1.165, 1.54) is 13.2 Å². The zero-order valence-electron chi connectivity index (χ0n) is 12.0. The minimum atomic E-state index is -1.06. The minimum absolute atomic E-state index is 0.0842. The van der Waals surface area contributed by atoms with E-state index >= 15 is 0 Å². The number of nitrogens with two attached hydrogens (primary N) is 1. The van der Waals surface area contributed by atoms with Gasteiger partial charge in [0.1, 0.15) is 11.4 Å². The fourth-order valence-electron chi connectivity index (χ4n) is 2.10. The molecule has 110 valence electrons. The summed E-state index contributed by atoms with van der Waals surface area (Å²) < 4.78 is 6.81. The second-order valence-electron chi connectivity index (χ2n) is 4.41. The van der Waals surface area contributed by atoms with Crippen LogP contribution in [0.15, 0.2) is 29.3 Å². The van der Waals surface area contributed by atoms with Crippen molar-refractivity contribution in [2.24, 2.45) is 17.8 Å². The Bertz CT molecular complexity index is 719. The summed E-state index contributed by atoms with van der Waals surface area (Å²) in [7, 11) is 3.24. The van der Waals surface area contributed by atoms with Crippen molar-refractivity contribution in [1.82, 2.24) is 9.78 Å². The first kappa shape index (κ1) is 14.6. The summed E-state index contributed by atoms with van der Waals surface area (Å²) >= 11 is 0. The summed E-state index contributed by atoms with van der Waals surface area (Å²) in [6, 6.07) is 6.40. The van der Waals surface area contributed by atoms with Crippen LogP contribution in [0.2, 0.25) is 0 Å². The van der Waals surface area contributed by atoms with Gasteiger partial charge in [0.05, 0.1) is 24.1 Å². The molecule has 0 spiro atoms. The molecule has 0 radical (unpaired) electrons. The SMILES string of the molecule is COc1c(C(N)=Nc2ccccc2C(=O)O)c(C)nn1C. The molecule has 7 heteroatoms. The Kier molecular flexibility index (Phi) is 3.93. The summed E-state index contributed by atoms with van der Waals surface area (Å²) in [5, 5.41) is 13.4. The summed E-state index contributed by atoms with van der Waals surface area (Å²) in [6.07, 6.45) is 0. The van der Waals surface area contributed by atoms with Gasteiger partial charge in [0, 0.05) is 7.05 Å². The average Bonchev–Trinajstić information content (AvgIpc) is 2.73. The largest absolute Gasteiger partial charge is 0.481 e. The molecular formula is C14H16N4O3. The molecule has 2 aromatic rings. The number of benzene rings is 1. The number of aromatic carboxylic acids is 1. The molecular weight excluding hydrogens is 272 g/mol. The molecule has 0 amide bonds. The number of hydrogen-bond donors (Lipinski definition) is 2. The Morgan fingerprint density at radius 2 is 2.10 bits per heavy atom. The van der Waals surface area contributed by atoms with Gasteiger partial charge < -0.3 is 15.6 Å². The quantitative estimate of drug-likeness (QED) is 0.655. The fraction of sp³-hybridized carbons (Fsp3) is 0.214. The zero-order valence-corrected chi connectivity index (χ0v) is 12.0. The van der Waals surface area contributed by atoms with Crippen molar-refractivity contribution in [2.45, 2.75) is 6.92 Å². The number of ether oxygens (including phenoxy) is 1. The third-order valence-electron chi connectivity index (χ3n) is 2.99. The molecule has 0 bridgehead atoms. The number of carbonyl (C=O) groups is 1. The maximum atomic E-state index is 11.2. The van der Waals surface area contributed by atoms with E-state index in [1.54, 1.807) is 36.9 Å². The van der Waals surface area contributed by atoms with Crippen molar-refractivity contribution in [3.05, 3.63) is 41.1 Å². The van der Waals surface area contributed by atoms with Crippen LogP contribution in [0.1, 0.15) is 21.6 Å². The molecule has 0 aliphatic heterocycles. The number of hydrogen-bond acceptors (Lipinski definition) is 4. The van der Waals surface area contributed by atoms with Gasteiger partial charge in [-0.2, -0.15) is 5.10 Å². The summed E-state index contributed by atoms with van der Waals surface area (Å²) in [6.45, 7) is 1.78. The number of aromatic nitrogens is 2. The molecule has 0 unspecified atom stereocenters. The van der Waals surface area contributed by atoms with Gasteiger partial charge in [-0.1, -0.05) is 12.1 Å². The van der Waals surface area contributed by atoms with Gasteiger partial charge in [-0.05, 0) is 19.1 Å². The van der Waals surface area contributed by atoms with E-state index in [4.69, 9.17) is 15.6 Å². The molecule has 1 aromatic carbocycles. The van der Waals surface area contributed by atoms with E-state index in [-0.39, 0.29) is 17.1 Å². The molecule has 0 saturated heterocycles. The van der Waals surface area contributed by atoms with Gasteiger partial charge in [-0.15, -0.1) is 0 Å². The van der Waals surface area contributed by atoms with Crippen molar-refractivity contribution in [2.75, 3.05) is 7.11 Å². The van der Waals surface area contributed by atoms with Gasteiger partial charge in [0.25, 0.3) is 0 Å². The molecule has 21 heavy (non-hydrogen) atoms. The van der Waals surface area contributed by atoms with Gasteiger partial charge in [-0.25, -0.2) is 14.5 Å². The van der Waals surface area contributed by atoms with Crippen LogP contribution in [-0.2, 0) is 7.05 Å². The topological polar surface area (TPSA) is 103 Å². The maximum absolute atomic E-state index is 11.2. The number of carboxylic acids is 1. The number of rotatable bonds is 4. The number of carboxylic acid groups (broad SMARTS) is 1. The van der Waals surface area contributed by atoms with Gasteiger partial charge in [0.15, 0.2) is 0 Å². The third-order valence-corrected chi connectivity index (χ3v) is 2.99. The predicted molar refractivity (Wildman–Crippen MR) is 78.3 cm³/mol. The summed E-state index contributed by atoms with van der Waals surface area (Å²) in [5.41, 5.74) is 7.59. The van der Waals surface area contributed by atoms with Gasteiger partial charge in [-0.3, -0.25) is 0 Å². The lowest BCUT2D eigenvalue weighted by Gasteiger charge is -2.06. The van der Waals surface area contributed by atoms with Crippen molar-refractivity contribution in [1.29, 1.82) is 0 Å². The van der Waals surface area contributed by atoms with Crippen LogP contribution < -0.4 is 10.5 Å². The molecule has 3 N–H and O–H groups in total. The second-order valence-corrected chi connectivity index (χ2v) is 4.41. The first-order valence-electron chi connectivity index (χ1n) is 6.20. The summed E-state index contributed by atoms with van der Waals surface area (Å²) in [4.78, 5) is 15.4. The number of aliphatic imine (C=N–C) groups is 1. The fourth-order valence-corrected chi connectivity index (χ4v) is 2.10. The van der Waals surface area contributed by atoms with Crippen LogP contribution >= 0.6 is 0 Å². The highest BCUT2D eigenvalue weighted by Gasteiger charge is 2.18. The molecule has 0 aliphatic rings. The Labute approximate surface area is 121 Å². The van der Waals surface area contributed by atoms with E-state index < -0.39 is 5.97 Å². The van der Waals surface area contributed by atoms with Crippen molar-refractivity contribution >= 4 is 17.5 Å². The molecule has 0 aliphatic carbocycles. The Morgan fingerprint density at radius 3 is 2.71 bits per heavy atom. The van der Waals surface area contributed by atoms with Crippen LogP contribution in [0.25, 0.3) is 0 Å². The average molecular weight is 288 g/mol. The van der Waals surface area contributed by atoms with Crippen LogP contribution in [0.4, 0.5) is 5.69 Å². The van der Waals surface area contributed by atoms with Crippen LogP contribution in [0, 0.1) is 6.92 Å². The molecule has 1 heterocycles. The smallest absolute Gasteiger partial charge is 0.337 e. The van der Waals surface area contributed by atoms with Crippen molar-refractivity contribution in [3.63, 3.8) is 0 Å². The van der Waals surface area contributed by atoms with E-state index in [1.807, 2.05) is 0 Å². The molecule has 0 atom stereocenters. The van der Waals surface area contributed by atoms with Crippen molar-refractivity contribution in [3.8, 4) is 5.88 Å². The van der Waals surface area contributed by atoms with E-state index in [9.17, 15) is 4.79 Å². The van der Waals surface area contributed by atoms with E-state index in [2.05, 4.69) is 10.1 Å². The third kappa shape index (κ3) is 2.71. The van der Waals surface area contributed by atoms with Crippen LogP contribution in [0.5, 0.6) is 5.88 Å². The number of nitrogens with zero attached hydrogens (tertiary/aromatic N) is 3. The Hall–Kier alpha value is -2.83. The number of amidine groups is 1. The predicted octanol–water partition coefficient (Wildman–Crippen LogP) is 1.47. The standard InChI is InChI=1S/C14H16N4O3/c1-8-11(13(21-3)18(2)17-8)12(15)16-10-7-5-4-6-9(10)14(19)20/h4-7H,1-3H3,(H2,15,16)(H,19,20). The first-order valence-corrected chi connectivity index (χ1v) is 6.20. The first-order chi connectivity index (χ1) is 9.95. The number of para-hydroxylation sites is 1. The zero-order chi connectivity index (χ0) is 15.6. The highest BCUT2D eigenvalue weighted by Crippen LogP contribution is 2.24. The molecule has 0 saturated carbocycles. The highest BCUT2D eigenvalue weighted by molar-refractivity contribution is 6.03. The maximum Gasteiger partial charge on any atom is 0.337 e. The Morgan fingerprint density at radius 1 is 1.43 bits per heavy atom. The summed E-state index contributed by atoms with van der Waals surface area (Å²) in [5.74, 6) is -0.426. The number of aryl methyl sites for hydroxylation is 2. The van der Waals surface area contributed by atoms with Gasteiger partial charge in [0.2, 0.25) is 5.88 Å². The van der Waals surface area contributed by atoms with Crippen LogP contribution in [0.3, 0.4) is 0 Å². The van der Waals surface area contributed by atoms with E-state index in [0.717, 1.165) is 0 Å². The monoisotopic (exact) mass is 288 g/mol. The lowest BCUT2D eigenvalue weighted by molar-refractivity contribution is 0.0698. The minimum Gasteiger partial charge on any atom is -0.481 e. The molecule has 0 fully saturated rings. The molecule has 1 aromatic heterocycles.